The van der Waals surface area contributed by atoms with E-state index in [1.54, 1.807) is 17.1 Å². The fourth-order valence-corrected chi connectivity index (χ4v) is 2.73. The average molecular weight is 371 g/mol. The third-order valence-electron chi connectivity index (χ3n) is 3.93. The van der Waals surface area contributed by atoms with Gasteiger partial charge in [-0.15, -0.1) is 0 Å². The van der Waals surface area contributed by atoms with Crippen molar-refractivity contribution < 1.29 is 27.1 Å². The minimum absolute atomic E-state index is 0.0297. The molecular weight excluding hydrogens is 355 g/mol. The van der Waals surface area contributed by atoms with Crippen LogP contribution < -0.4 is 5.56 Å². The summed E-state index contributed by atoms with van der Waals surface area (Å²) in [7, 11) is 0. The van der Waals surface area contributed by atoms with Gasteiger partial charge in [0.2, 0.25) is 5.82 Å². The minimum atomic E-state index is -4.68. The Kier molecular flexibility index (Phi) is 4.86. The maximum atomic E-state index is 12.7. The summed E-state index contributed by atoms with van der Waals surface area (Å²) in [6.45, 7) is 2.32. The number of aromatic nitrogens is 2. The van der Waals surface area contributed by atoms with E-state index in [9.17, 15) is 22.8 Å². The molecule has 140 valence electrons. The van der Waals surface area contributed by atoms with Crippen molar-refractivity contribution in [1.82, 2.24) is 14.9 Å². The van der Waals surface area contributed by atoms with Crippen LogP contribution in [-0.2, 0) is 41.8 Å². The number of aromatic amines is 1. The van der Waals surface area contributed by atoms with E-state index in [0.717, 1.165) is 0 Å². The number of alkyl halides is 3. The zero-order valence-electron chi connectivity index (χ0n) is 13.9. The summed E-state index contributed by atoms with van der Waals surface area (Å²) in [6, 6.07) is 3.41. The molecule has 0 bridgehead atoms. The third-order valence-corrected chi connectivity index (χ3v) is 3.93. The SMILES string of the molecule is CC(=O)OCc1ccc(CN2CCc3nc(C(F)(F)F)[nH]c(=O)c3C2)o1. The maximum absolute atomic E-state index is 12.7. The smallest absolute Gasteiger partial charge is 0.449 e. The van der Waals surface area contributed by atoms with E-state index in [4.69, 9.17) is 9.15 Å². The quantitative estimate of drug-likeness (QED) is 0.827. The van der Waals surface area contributed by atoms with Crippen LogP contribution in [0.2, 0.25) is 0 Å². The van der Waals surface area contributed by atoms with Crippen LogP contribution in [0.1, 0.15) is 35.5 Å². The van der Waals surface area contributed by atoms with E-state index in [0.29, 0.717) is 24.6 Å². The zero-order valence-corrected chi connectivity index (χ0v) is 13.9. The molecule has 2 aromatic heterocycles. The first-order chi connectivity index (χ1) is 12.2. The number of rotatable bonds is 4. The van der Waals surface area contributed by atoms with E-state index >= 15 is 0 Å². The molecule has 1 N–H and O–H groups in total. The fourth-order valence-electron chi connectivity index (χ4n) is 2.73. The molecule has 2 aromatic rings. The number of ether oxygens (including phenoxy) is 1. The van der Waals surface area contributed by atoms with Gasteiger partial charge in [0.1, 0.15) is 18.1 Å². The van der Waals surface area contributed by atoms with E-state index in [-0.39, 0.29) is 30.8 Å². The molecule has 3 rings (SSSR count). The fraction of sp³-hybridized carbons (Fsp3) is 0.438. The number of H-pyrrole nitrogens is 1. The average Bonchev–Trinajstić information content (AvgIpc) is 3.00. The van der Waals surface area contributed by atoms with Gasteiger partial charge in [-0.3, -0.25) is 14.5 Å². The Labute approximate surface area is 145 Å². The molecule has 0 atom stereocenters. The second kappa shape index (κ2) is 6.94. The first-order valence-electron chi connectivity index (χ1n) is 7.85. The highest BCUT2D eigenvalue weighted by Gasteiger charge is 2.36. The Morgan fingerprint density at radius 3 is 2.81 bits per heavy atom. The Balaban J connectivity index is 1.69. The summed E-state index contributed by atoms with van der Waals surface area (Å²) in [5.74, 6) is -0.592. The molecule has 0 saturated heterocycles. The van der Waals surface area contributed by atoms with Crippen LogP contribution >= 0.6 is 0 Å². The first-order valence-corrected chi connectivity index (χ1v) is 7.85. The van der Waals surface area contributed by atoms with Crippen LogP contribution in [0.3, 0.4) is 0 Å². The van der Waals surface area contributed by atoms with Crippen molar-refractivity contribution in [1.29, 1.82) is 0 Å². The maximum Gasteiger partial charge on any atom is 0.449 e. The highest BCUT2D eigenvalue weighted by molar-refractivity contribution is 5.65. The van der Waals surface area contributed by atoms with Gasteiger partial charge < -0.3 is 14.1 Å². The summed E-state index contributed by atoms with van der Waals surface area (Å²) < 4.78 is 48.6. The predicted octanol–water partition coefficient (Wildman–Crippen LogP) is 2.00. The topological polar surface area (TPSA) is 88.4 Å². The van der Waals surface area contributed by atoms with Crippen LogP contribution in [0, 0.1) is 0 Å². The lowest BCUT2D eigenvalue weighted by Crippen LogP contribution is -2.36. The Morgan fingerprint density at radius 1 is 1.38 bits per heavy atom. The van der Waals surface area contributed by atoms with E-state index in [2.05, 4.69) is 4.98 Å². The molecule has 0 aliphatic carbocycles. The van der Waals surface area contributed by atoms with Crippen LogP contribution in [0.5, 0.6) is 0 Å². The summed E-state index contributed by atoms with van der Waals surface area (Å²) in [5, 5.41) is 0. The molecule has 0 unspecified atom stereocenters. The summed E-state index contributed by atoms with van der Waals surface area (Å²) in [4.78, 5) is 30.0. The standard InChI is InChI=1S/C16H16F3N3O4/c1-9(23)25-8-11-3-2-10(26-11)6-22-5-4-13-12(7-22)14(24)21-15(20-13)16(17,18)19/h2-3H,4-8H2,1H3,(H,20,21,24). The first kappa shape index (κ1) is 18.2. The predicted molar refractivity (Wildman–Crippen MR) is 81.9 cm³/mol. The van der Waals surface area contributed by atoms with Gasteiger partial charge in [0.15, 0.2) is 0 Å². The summed E-state index contributed by atoms with van der Waals surface area (Å²) in [6.07, 6.45) is -4.44. The van der Waals surface area contributed by atoms with Crippen molar-refractivity contribution in [3.05, 3.63) is 51.1 Å². The second-order valence-electron chi connectivity index (χ2n) is 5.95. The molecule has 3 heterocycles. The van der Waals surface area contributed by atoms with Gasteiger partial charge in [0.25, 0.3) is 5.56 Å². The Hall–Kier alpha value is -2.62. The highest BCUT2D eigenvalue weighted by atomic mass is 19.4. The van der Waals surface area contributed by atoms with Crippen molar-refractivity contribution >= 4 is 5.97 Å². The molecule has 0 spiro atoms. The molecule has 1 aliphatic rings. The number of hydrogen-bond acceptors (Lipinski definition) is 6. The van der Waals surface area contributed by atoms with Crippen LogP contribution in [0.15, 0.2) is 21.3 Å². The lowest BCUT2D eigenvalue weighted by Gasteiger charge is -2.27. The largest absolute Gasteiger partial charge is 0.461 e. The number of nitrogens with zero attached hydrogens (tertiary/aromatic N) is 2. The highest BCUT2D eigenvalue weighted by Crippen LogP contribution is 2.26. The minimum Gasteiger partial charge on any atom is -0.461 e. The second-order valence-corrected chi connectivity index (χ2v) is 5.95. The van der Waals surface area contributed by atoms with Gasteiger partial charge in [0, 0.05) is 26.4 Å². The lowest BCUT2D eigenvalue weighted by molar-refractivity contribution is -0.145. The molecule has 0 fully saturated rings. The van der Waals surface area contributed by atoms with Crippen molar-refractivity contribution in [2.75, 3.05) is 6.54 Å². The number of carbonyl (C=O) groups is 1. The molecule has 0 saturated carbocycles. The van der Waals surface area contributed by atoms with Gasteiger partial charge in [-0.05, 0) is 12.1 Å². The van der Waals surface area contributed by atoms with Gasteiger partial charge in [-0.25, -0.2) is 4.98 Å². The summed E-state index contributed by atoms with van der Waals surface area (Å²) >= 11 is 0. The van der Waals surface area contributed by atoms with Gasteiger partial charge in [0.05, 0.1) is 17.8 Å². The third kappa shape index (κ3) is 4.13. The van der Waals surface area contributed by atoms with E-state index in [1.807, 2.05) is 4.90 Å². The molecule has 10 heteroatoms. The Bertz CT molecular complexity index is 872. The van der Waals surface area contributed by atoms with Crippen molar-refractivity contribution in [2.45, 2.75) is 39.2 Å². The molecule has 1 aliphatic heterocycles. The van der Waals surface area contributed by atoms with Crippen LogP contribution in [-0.4, -0.2) is 27.4 Å². The number of halogens is 3. The van der Waals surface area contributed by atoms with Crippen molar-refractivity contribution in [3.63, 3.8) is 0 Å². The zero-order chi connectivity index (χ0) is 18.9. The number of hydrogen-bond donors (Lipinski definition) is 1. The molecule has 0 aromatic carbocycles. The normalized spacial score (nSPS) is 14.9. The number of furan rings is 1. The van der Waals surface area contributed by atoms with Gasteiger partial charge in [-0.1, -0.05) is 0 Å². The van der Waals surface area contributed by atoms with Crippen LogP contribution in [0.4, 0.5) is 13.2 Å². The van der Waals surface area contributed by atoms with E-state index < -0.39 is 23.5 Å². The summed E-state index contributed by atoms with van der Waals surface area (Å²) in [5.41, 5.74) is -0.370. The van der Waals surface area contributed by atoms with Crippen molar-refractivity contribution in [2.24, 2.45) is 0 Å². The monoisotopic (exact) mass is 371 g/mol. The van der Waals surface area contributed by atoms with Crippen molar-refractivity contribution in [3.8, 4) is 0 Å². The van der Waals surface area contributed by atoms with Gasteiger partial charge in [-0.2, -0.15) is 13.2 Å². The molecular formula is C16H16F3N3O4. The number of nitrogens with one attached hydrogen (secondary N) is 1. The molecule has 7 nitrogen and oxygen atoms in total. The number of carbonyl (C=O) groups excluding carboxylic acids is 1. The van der Waals surface area contributed by atoms with Crippen LogP contribution in [0.25, 0.3) is 0 Å². The molecule has 0 amide bonds. The molecule has 0 radical (unpaired) electrons. The van der Waals surface area contributed by atoms with Gasteiger partial charge >= 0.3 is 12.1 Å². The van der Waals surface area contributed by atoms with E-state index in [1.165, 1.54) is 6.92 Å². The Morgan fingerprint density at radius 2 is 2.12 bits per heavy atom. The lowest BCUT2D eigenvalue weighted by atomic mass is 10.1. The number of fused-ring (bicyclic) bond motifs is 1. The molecule has 26 heavy (non-hydrogen) atoms. The number of esters is 1.